The number of pyridine rings is 2. The second-order valence-corrected chi connectivity index (χ2v) is 4.32. The van der Waals surface area contributed by atoms with E-state index < -0.39 is 0 Å². The monoisotopic (exact) mass is 299 g/mol. The summed E-state index contributed by atoms with van der Waals surface area (Å²) in [5.74, 6) is 0.851. The molecule has 0 aliphatic heterocycles. The Hall–Kier alpha value is -1.33. The van der Waals surface area contributed by atoms with Crippen LogP contribution in [0.15, 0.2) is 35.2 Å². The summed E-state index contributed by atoms with van der Waals surface area (Å²) < 4.78 is 6.27. The van der Waals surface area contributed by atoms with E-state index in [4.69, 9.17) is 22.1 Å². The van der Waals surface area contributed by atoms with E-state index in [1.54, 1.807) is 24.5 Å². The van der Waals surface area contributed by atoms with Crippen LogP contribution in [0.3, 0.4) is 0 Å². The van der Waals surface area contributed by atoms with Crippen LogP contribution >= 0.6 is 27.5 Å². The molecule has 0 saturated heterocycles. The third kappa shape index (κ3) is 2.62. The molecule has 2 heterocycles. The maximum Gasteiger partial charge on any atom is 0.238 e. The lowest BCUT2D eigenvalue weighted by Gasteiger charge is -2.06. The summed E-state index contributed by atoms with van der Waals surface area (Å²) in [7, 11) is 0. The van der Waals surface area contributed by atoms with Crippen molar-refractivity contribution in [2.75, 3.05) is 5.73 Å². The number of rotatable bonds is 2. The Morgan fingerprint density at radius 3 is 2.75 bits per heavy atom. The highest BCUT2D eigenvalue weighted by molar-refractivity contribution is 9.10. The van der Waals surface area contributed by atoms with Crippen LogP contribution in [0.25, 0.3) is 0 Å². The van der Waals surface area contributed by atoms with Crippen LogP contribution in [0.5, 0.6) is 11.6 Å². The highest BCUT2D eigenvalue weighted by Gasteiger charge is 2.05. The molecule has 2 aromatic rings. The first-order valence-electron chi connectivity index (χ1n) is 4.34. The summed E-state index contributed by atoms with van der Waals surface area (Å²) in [4.78, 5) is 7.94. The minimum atomic E-state index is 0.302. The predicted molar refractivity (Wildman–Crippen MR) is 65.7 cm³/mol. The maximum absolute atomic E-state index is 5.92. The minimum absolute atomic E-state index is 0.302. The number of hydrogen-bond acceptors (Lipinski definition) is 4. The van der Waals surface area contributed by atoms with E-state index in [9.17, 15) is 0 Å². The molecule has 6 heteroatoms. The van der Waals surface area contributed by atoms with Crippen LogP contribution in [0, 0.1) is 0 Å². The van der Waals surface area contributed by atoms with Crippen LogP contribution in [0.2, 0.25) is 5.02 Å². The van der Waals surface area contributed by atoms with Crippen molar-refractivity contribution in [3.63, 3.8) is 0 Å². The van der Waals surface area contributed by atoms with Crippen LogP contribution in [-0.4, -0.2) is 9.97 Å². The van der Waals surface area contributed by atoms with Gasteiger partial charge in [0.1, 0.15) is 10.8 Å². The Balaban J connectivity index is 2.27. The van der Waals surface area contributed by atoms with Gasteiger partial charge in [-0.25, -0.2) is 4.98 Å². The van der Waals surface area contributed by atoms with E-state index in [2.05, 4.69) is 25.9 Å². The maximum atomic E-state index is 5.92. The predicted octanol–water partition coefficient (Wildman–Crippen LogP) is 3.27. The van der Waals surface area contributed by atoms with Crippen molar-refractivity contribution >= 4 is 33.2 Å². The Bertz CT molecular complexity index is 521. The van der Waals surface area contributed by atoms with Gasteiger partial charge in [0.15, 0.2) is 0 Å². The Kier molecular flexibility index (Phi) is 3.26. The number of nitrogen functional groups attached to an aromatic ring is 1. The molecule has 82 valence electrons. The third-order valence-electron chi connectivity index (χ3n) is 1.72. The Morgan fingerprint density at radius 1 is 1.25 bits per heavy atom. The molecule has 0 fully saturated rings. The Labute approximate surface area is 106 Å². The van der Waals surface area contributed by atoms with Gasteiger partial charge in [0.05, 0.1) is 18.1 Å². The van der Waals surface area contributed by atoms with Gasteiger partial charge in [-0.2, -0.15) is 0 Å². The van der Waals surface area contributed by atoms with Crippen molar-refractivity contribution in [3.05, 3.63) is 40.2 Å². The van der Waals surface area contributed by atoms with Gasteiger partial charge in [0.2, 0.25) is 5.88 Å². The Morgan fingerprint density at radius 2 is 2.06 bits per heavy atom. The minimum Gasteiger partial charge on any atom is -0.436 e. The second-order valence-electron chi connectivity index (χ2n) is 3.00. The first kappa shape index (κ1) is 11.2. The molecule has 0 radical (unpaired) electrons. The van der Waals surface area contributed by atoms with Gasteiger partial charge < -0.3 is 10.5 Å². The number of nitrogens with zero attached hydrogens (tertiary/aromatic N) is 2. The van der Waals surface area contributed by atoms with E-state index in [-0.39, 0.29) is 0 Å². The summed E-state index contributed by atoms with van der Waals surface area (Å²) in [5, 5.41) is 0.361. The first-order valence-corrected chi connectivity index (χ1v) is 5.51. The van der Waals surface area contributed by atoms with E-state index in [1.807, 2.05) is 0 Å². The van der Waals surface area contributed by atoms with Gasteiger partial charge in [-0.3, -0.25) is 4.98 Å². The zero-order valence-corrected chi connectivity index (χ0v) is 10.4. The number of nitrogens with two attached hydrogens (primary N) is 1. The molecule has 2 aromatic heterocycles. The summed E-state index contributed by atoms with van der Waals surface area (Å²) in [6, 6.07) is 3.34. The molecule has 2 N–H and O–H groups in total. The van der Waals surface area contributed by atoms with Gasteiger partial charge >= 0.3 is 0 Å². The summed E-state index contributed by atoms with van der Waals surface area (Å²) in [6.45, 7) is 0. The molecule has 2 rings (SSSR count). The van der Waals surface area contributed by atoms with Crippen molar-refractivity contribution in [1.82, 2.24) is 9.97 Å². The molecular formula is C10H7BrClN3O. The molecular weight excluding hydrogens is 293 g/mol. The zero-order valence-electron chi connectivity index (χ0n) is 8.02. The van der Waals surface area contributed by atoms with E-state index in [0.717, 1.165) is 4.47 Å². The number of anilines is 1. The highest BCUT2D eigenvalue weighted by Crippen LogP contribution is 2.28. The quantitative estimate of drug-likeness (QED) is 0.924. The van der Waals surface area contributed by atoms with Crippen LogP contribution in [0.1, 0.15) is 0 Å². The van der Waals surface area contributed by atoms with Crippen molar-refractivity contribution in [2.45, 2.75) is 0 Å². The molecule has 0 saturated carbocycles. The fourth-order valence-corrected chi connectivity index (χ4v) is 1.63. The molecule has 0 aromatic carbocycles. The lowest BCUT2D eigenvalue weighted by atomic mass is 10.4. The topological polar surface area (TPSA) is 61.0 Å². The lowest BCUT2D eigenvalue weighted by Crippen LogP contribution is -1.92. The smallest absolute Gasteiger partial charge is 0.238 e. The molecule has 0 spiro atoms. The van der Waals surface area contributed by atoms with E-state index in [0.29, 0.717) is 22.3 Å². The van der Waals surface area contributed by atoms with Gasteiger partial charge in [-0.1, -0.05) is 11.6 Å². The van der Waals surface area contributed by atoms with Crippen molar-refractivity contribution in [3.8, 4) is 11.6 Å². The molecule has 16 heavy (non-hydrogen) atoms. The van der Waals surface area contributed by atoms with Crippen molar-refractivity contribution in [1.29, 1.82) is 0 Å². The summed E-state index contributed by atoms with van der Waals surface area (Å²) >= 11 is 9.21. The van der Waals surface area contributed by atoms with Crippen molar-refractivity contribution < 1.29 is 4.74 Å². The number of halogens is 2. The molecule has 0 aliphatic rings. The summed E-state index contributed by atoms with van der Waals surface area (Å²) in [6.07, 6.45) is 4.70. The average molecular weight is 301 g/mol. The van der Waals surface area contributed by atoms with E-state index >= 15 is 0 Å². The number of aromatic nitrogens is 2. The number of hydrogen-bond donors (Lipinski definition) is 1. The van der Waals surface area contributed by atoms with Gasteiger partial charge in [0.25, 0.3) is 0 Å². The van der Waals surface area contributed by atoms with E-state index in [1.165, 1.54) is 6.20 Å². The average Bonchev–Trinajstić information content (AvgIpc) is 2.22. The summed E-state index contributed by atoms with van der Waals surface area (Å²) in [5.41, 5.74) is 6.01. The van der Waals surface area contributed by atoms with Crippen LogP contribution in [0.4, 0.5) is 5.69 Å². The molecule has 0 bridgehead atoms. The largest absolute Gasteiger partial charge is 0.436 e. The normalized spacial score (nSPS) is 10.1. The zero-order chi connectivity index (χ0) is 11.5. The molecule has 0 atom stereocenters. The SMILES string of the molecule is Nc1cnc(Oc2cncc(Br)c2)c(Cl)c1. The molecule has 0 unspecified atom stereocenters. The van der Waals surface area contributed by atoms with Gasteiger partial charge in [0, 0.05) is 10.7 Å². The fraction of sp³-hybridized carbons (Fsp3) is 0. The van der Waals surface area contributed by atoms with Crippen LogP contribution < -0.4 is 10.5 Å². The highest BCUT2D eigenvalue weighted by atomic mass is 79.9. The number of ether oxygens (including phenoxy) is 1. The first-order chi connectivity index (χ1) is 7.65. The molecule has 0 aliphatic carbocycles. The lowest BCUT2D eigenvalue weighted by molar-refractivity contribution is 0.461. The second kappa shape index (κ2) is 4.67. The van der Waals surface area contributed by atoms with Gasteiger partial charge in [-0.05, 0) is 28.1 Å². The fourth-order valence-electron chi connectivity index (χ4n) is 1.08. The molecule has 0 amide bonds. The molecule has 4 nitrogen and oxygen atoms in total. The van der Waals surface area contributed by atoms with Crippen LogP contribution in [-0.2, 0) is 0 Å². The van der Waals surface area contributed by atoms with Crippen molar-refractivity contribution in [2.24, 2.45) is 0 Å². The third-order valence-corrected chi connectivity index (χ3v) is 2.43. The standard InChI is InChI=1S/C10H7BrClN3O/c11-6-1-8(5-14-3-6)16-10-9(12)2-7(13)4-15-10/h1-5H,13H2. The van der Waals surface area contributed by atoms with Gasteiger partial charge in [-0.15, -0.1) is 0 Å².